The van der Waals surface area contributed by atoms with E-state index in [-0.39, 0.29) is 0 Å². The van der Waals surface area contributed by atoms with E-state index >= 15 is 0 Å². The van der Waals surface area contributed by atoms with Crippen molar-refractivity contribution in [2.24, 2.45) is 5.92 Å². The Kier molecular flexibility index (Phi) is 4.64. The van der Waals surface area contributed by atoms with Crippen molar-refractivity contribution in [2.45, 2.75) is 56.7 Å². The minimum absolute atomic E-state index is 0.620. The van der Waals surface area contributed by atoms with Gasteiger partial charge in [0, 0.05) is 6.10 Å². The molecule has 1 unspecified atom stereocenters. The summed E-state index contributed by atoms with van der Waals surface area (Å²) in [7, 11) is 0. The summed E-state index contributed by atoms with van der Waals surface area (Å²) in [6.45, 7) is 6.87. The van der Waals surface area contributed by atoms with Crippen LogP contribution in [-0.4, -0.2) is 20.6 Å². The third kappa shape index (κ3) is 3.48. The summed E-state index contributed by atoms with van der Waals surface area (Å²) >= 11 is -0.760. The molecule has 1 rings (SSSR count). The van der Waals surface area contributed by atoms with E-state index < -0.39 is 14.5 Å². The maximum Gasteiger partial charge on any atom is 0.461 e. The summed E-state index contributed by atoms with van der Waals surface area (Å²) in [5, 5.41) is 2.81. The Morgan fingerprint density at radius 2 is 2.25 bits per heavy atom. The van der Waals surface area contributed by atoms with Crippen molar-refractivity contribution >= 4 is 14.5 Å². The van der Waals surface area contributed by atoms with Crippen molar-refractivity contribution < 1.29 is 3.79 Å². The van der Waals surface area contributed by atoms with Gasteiger partial charge in [0.2, 0.25) is 0 Å². The predicted molar refractivity (Wildman–Crippen MR) is 54.6 cm³/mol. The maximum absolute atomic E-state index is 6.09. The van der Waals surface area contributed by atoms with Gasteiger partial charge in [0.1, 0.15) is 0 Å². The van der Waals surface area contributed by atoms with Crippen molar-refractivity contribution in [3.63, 3.8) is 0 Å². The Morgan fingerprint density at radius 3 is 2.83 bits per heavy atom. The second-order valence-electron chi connectivity index (χ2n) is 4.35. The second-order valence-corrected chi connectivity index (χ2v) is 6.91. The number of hydrogen-bond donors (Lipinski definition) is 0. The van der Waals surface area contributed by atoms with Gasteiger partial charge in [-0.25, -0.2) is 0 Å². The van der Waals surface area contributed by atoms with Crippen LogP contribution in [0.1, 0.15) is 40.0 Å². The summed E-state index contributed by atoms with van der Waals surface area (Å²) in [6.07, 6.45) is 4.59. The SMILES string of the molecule is CCC1CC[CH2][Al]([CH2]C(C)C)[O]1. The van der Waals surface area contributed by atoms with E-state index in [9.17, 15) is 0 Å². The summed E-state index contributed by atoms with van der Waals surface area (Å²) in [5.41, 5.74) is 0. The molecule has 1 aliphatic rings. The highest BCUT2D eigenvalue weighted by molar-refractivity contribution is 6.52. The maximum atomic E-state index is 6.09. The number of rotatable bonds is 3. The standard InChI is InChI=1S/C6H12O.C4H9.Al/c1-3-5-6(7)4-2;1-4(2)3;/h6H,1,3-5H2,2H3;4H,1H2,2-3H3;/q-1;;+1. The van der Waals surface area contributed by atoms with Gasteiger partial charge in [-0.05, 0) is 12.8 Å². The van der Waals surface area contributed by atoms with Gasteiger partial charge in [-0.15, -0.1) is 0 Å². The van der Waals surface area contributed by atoms with Crippen LogP contribution in [0.2, 0.25) is 10.6 Å². The van der Waals surface area contributed by atoms with Gasteiger partial charge >= 0.3 is 14.5 Å². The van der Waals surface area contributed by atoms with Gasteiger partial charge in [-0.3, -0.25) is 0 Å². The molecular formula is C10H21AlO. The first-order chi connectivity index (χ1) is 5.72. The highest BCUT2D eigenvalue weighted by Gasteiger charge is 2.28. The topological polar surface area (TPSA) is 9.23 Å². The molecule has 0 amide bonds. The fraction of sp³-hybridized carbons (Fsp3) is 1.00. The van der Waals surface area contributed by atoms with E-state index in [4.69, 9.17) is 3.79 Å². The molecule has 0 aromatic heterocycles. The first-order valence-electron chi connectivity index (χ1n) is 5.37. The molecule has 0 saturated carbocycles. The molecule has 70 valence electrons. The van der Waals surface area contributed by atoms with Crippen LogP contribution in [0.4, 0.5) is 0 Å². The molecule has 1 saturated heterocycles. The van der Waals surface area contributed by atoms with Crippen LogP contribution in [0.15, 0.2) is 0 Å². The van der Waals surface area contributed by atoms with Crippen LogP contribution in [0.25, 0.3) is 0 Å². The van der Waals surface area contributed by atoms with Gasteiger partial charge in [0.25, 0.3) is 0 Å². The lowest BCUT2D eigenvalue weighted by Crippen LogP contribution is -2.31. The fourth-order valence-electron chi connectivity index (χ4n) is 1.98. The van der Waals surface area contributed by atoms with Crippen molar-refractivity contribution in [3.8, 4) is 0 Å². The van der Waals surface area contributed by atoms with E-state index in [2.05, 4.69) is 20.8 Å². The molecule has 1 aliphatic heterocycles. The van der Waals surface area contributed by atoms with Gasteiger partial charge in [-0.2, -0.15) is 0 Å². The Hall–Kier alpha value is 0.492. The zero-order valence-corrected chi connectivity index (χ0v) is 9.83. The number of hydrogen-bond acceptors (Lipinski definition) is 1. The minimum Gasteiger partial charge on any atom is -0.498 e. The molecule has 1 atom stereocenters. The smallest absolute Gasteiger partial charge is 0.461 e. The average molecular weight is 184 g/mol. The lowest BCUT2D eigenvalue weighted by Gasteiger charge is -2.27. The van der Waals surface area contributed by atoms with Gasteiger partial charge < -0.3 is 3.79 Å². The average Bonchev–Trinajstić information content (AvgIpc) is 2.03. The molecule has 0 radical (unpaired) electrons. The van der Waals surface area contributed by atoms with Crippen molar-refractivity contribution in [1.29, 1.82) is 0 Å². The summed E-state index contributed by atoms with van der Waals surface area (Å²) in [4.78, 5) is 0. The van der Waals surface area contributed by atoms with Gasteiger partial charge in [0.15, 0.2) is 0 Å². The lowest BCUT2D eigenvalue weighted by atomic mass is 10.2. The second kappa shape index (κ2) is 5.27. The third-order valence-corrected chi connectivity index (χ3v) is 5.92. The summed E-state index contributed by atoms with van der Waals surface area (Å²) in [5.74, 6) is 0.845. The first-order valence-corrected chi connectivity index (χ1v) is 7.48. The molecule has 1 nitrogen and oxygen atoms in total. The Morgan fingerprint density at radius 1 is 1.50 bits per heavy atom. The first kappa shape index (κ1) is 10.6. The van der Waals surface area contributed by atoms with Crippen LogP contribution in [0.3, 0.4) is 0 Å². The Balaban J connectivity index is 2.25. The molecule has 0 bridgehead atoms. The largest absolute Gasteiger partial charge is 0.498 e. The molecule has 12 heavy (non-hydrogen) atoms. The molecule has 0 N–H and O–H groups in total. The van der Waals surface area contributed by atoms with Crippen molar-refractivity contribution in [3.05, 3.63) is 0 Å². The van der Waals surface area contributed by atoms with E-state index in [0.717, 1.165) is 5.92 Å². The van der Waals surface area contributed by atoms with Crippen LogP contribution < -0.4 is 0 Å². The van der Waals surface area contributed by atoms with Gasteiger partial charge in [0.05, 0.1) is 0 Å². The minimum atomic E-state index is -0.760. The zero-order chi connectivity index (χ0) is 8.97. The monoisotopic (exact) mass is 184 g/mol. The highest BCUT2D eigenvalue weighted by atomic mass is 27.2. The quantitative estimate of drug-likeness (QED) is 0.612. The van der Waals surface area contributed by atoms with E-state index in [1.54, 1.807) is 0 Å². The molecule has 0 aliphatic carbocycles. The highest BCUT2D eigenvalue weighted by Crippen LogP contribution is 2.23. The van der Waals surface area contributed by atoms with Crippen LogP contribution in [0.5, 0.6) is 0 Å². The molecule has 0 aromatic rings. The summed E-state index contributed by atoms with van der Waals surface area (Å²) < 4.78 is 6.09. The Labute approximate surface area is 81.2 Å². The fourth-order valence-corrected chi connectivity index (χ4v) is 5.08. The van der Waals surface area contributed by atoms with Crippen LogP contribution in [-0.2, 0) is 3.79 Å². The van der Waals surface area contributed by atoms with Crippen molar-refractivity contribution in [1.82, 2.24) is 0 Å². The zero-order valence-electron chi connectivity index (χ0n) is 8.68. The molecule has 0 spiro atoms. The predicted octanol–water partition coefficient (Wildman–Crippen LogP) is 3.22. The van der Waals surface area contributed by atoms with E-state index in [0.29, 0.717) is 6.10 Å². The Bertz CT molecular complexity index is 125. The molecule has 2 heteroatoms. The van der Waals surface area contributed by atoms with Crippen LogP contribution in [0, 0.1) is 5.92 Å². The van der Waals surface area contributed by atoms with E-state index in [1.807, 2.05) is 0 Å². The lowest BCUT2D eigenvalue weighted by molar-refractivity contribution is 0.164. The molecule has 0 aromatic carbocycles. The molecular weight excluding hydrogens is 163 g/mol. The van der Waals surface area contributed by atoms with Crippen LogP contribution >= 0.6 is 0 Å². The molecule has 1 heterocycles. The van der Waals surface area contributed by atoms with Gasteiger partial charge in [-0.1, -0.05) is 43.7 Å². The summed E-state index contributed by atoms with van der Waals surface area (Å²) in [6, 6.07) is 0. The van der Waals surface area contributed by atoms with Crippen molar-refractivity contribution in [2.75, 3.05) is 0 Å². The van der Waals surface area contributed by atoms with E-state index in [1.165, 1.54) is 29.8 Å². The third-order valence-electron chi connectivity index (χ3n) is 2.63. The molecule has 1 fully saturated rings. The normalized spacial score (nSPS) is 25.0.